The van der Waals surface area contributed by atoms with Crippen LogP contribution in [0.5, 0.6) is 5.75 Å². The Balaban J connectivity index is 1.91. The fraction of sp³-hybridized carbons (Fsp3) is 0.345. The first-order valence-electron chi connectivity index (χ1n) is 12.3. The summed E-state index contributed by atoms with van der Waals surface area (Å²) in [5.74, 6) is -1.52. The van der Waals surface area contributed by atoms with Crippen molar-refractivity contribution in [1.82, 2.24) is 10.3 Å². The van der Waals surface area contributed by atoms with Crippen molar-refractivity contribution in [3.63, 3.8) is 0 Å². The maximum absolute atomic E-state index is 13.7. The van der Waals surface area contributed by atoms with Gasteiger partial charge in [0.15, 0.2) is 0 Å². The number of hydrogen-bond donors (Lipinski definition) is 1. The molecule has 3 aromatic rings. The molecular formula is C29H32N2O5S. The molecule has 0 saturated heterocycles. The van der Waals surface area contributed by atoms with Crippen LogP contribution >= 0.6 is 11.3 Å². The quantitative estimate of drug-likeness (QED) is 0.396. The van der Waals surface area contributed by atoms with Crippen LogP contribution in [0.25, 0.3) is 11.3 Å². The molecule has 7 nitrogen and oxygen atoms in total. The van der Waals surface area contributed by atoms with Crippen molar-refractivity contribution >= 4 is 23.3 Å². The molecule has 37 heavy (non-hydrogen) atoms. The van der Waals surface area contributed by atoms with Crippen LogP contribution in [-0.2, 0) is 24.6 Å². The van der Waals surface area contributed by atoms with Crippen LogP contribution in [0.15, 0.2) is 71.2 Å². The summed E-state index contributed by atoms with van der Waals surface area (Å²) >= 11 is 1.45. The summed E-state index contributed by atoms with van der Waals surface area (Å²) in [7, 11) is 1.63. The van der Waals surface area contributed by atoms with E-state index in [0.29, 0.717) is 22.0 Å². The fourth-order valence-corrected chi connectivity index (χ4v) is 6.04. The number of benzene rings is 2. The van der Waals surface area contributed by atoms with Crippen molar-refractivity contribution in [3.05, 3.63) is 81.8 Å². The Kier molecular flexibility index (Phi) is 7.97. The zero-order chi connectivity index (χ0) is 26.6. The van der Waals surface area contributed by atoms with Crippen LogP contribution in [0.4, 0.5) is 0 Å². The van der Waals surface area contributed by atoms with Crippen LogP contribution in [-0.4, -0.2) is 37.2 Å². The standard InChI is InChI=1S/C29H32N2O5S/c1-6-35-26(32)23-18(3)31-29(4,25(27(33)36-7-2)24(23)19-13-9-8-10-14-19)28-30-21(17-37-28)20-15-11-12-16-22(20)34-5/h8-17,24-25,31H,6-7H2,1-5H3. The van der Waals surface area contributed by atoms with Crippen molar-refractivity contribution in [1.29, 1.82) is 0 Å². The number of methoxy groups -OCH3 is 1. The Hall–Kier alpha value is -3.65. The van der Waals surface area contributed by atoms with E-state index in [-0.39, 0.29) is 13.2 Å². The lowest BCUT2D eigenvalue weighted by atomic mass is 9.67. The summed E-state index contributed by atoms with van der Waals surface area (Å²) in [6.45, 7) is 7.78. The van der Waals surface area contributed by atoms with Crippen molar-refractivity contribution in [2.75, 3.05) is 20.3 Å². The molecule has 0 fully saturated rings. The second kappa shape index (κ2) is 11.2. The van der Waals surface area contributed by atoms with Gasteiger partial charge in [-0.3, -0.25) is 4.79 Å². The second-order valence-electron chi connectivity index (χ2n) is 8.94. The van der Waals surface area contributed by atoms with Gasteiger partial charge in [-0.25, -0.2) is 9.78 Å². The van der Waals surface area contributed by atoms with Gasteiger partial charge in [0, 0.05) is 22.6 Å². The minimum atomic E-state index is -0.961. The predicted molar refractivity (Wildman–Crippen MR) is 143 cm³/mol. The number of nitrogens with zero attached hydrogens (tertiary/aromatic N) is 1. The first-order chi connectivity index (χ1) is 17.8. The van der Waals surface area contributed by atoms with E-state index in [1.165, 1.54) is 11.3 Å². The molecule has 3 unspecified atom stereocenters. The molecule has 0 saturated carbocycles. The van der Waals surface area contributed by atoms with Crippen molar-refractivity contribution < 1.29 is 23.8 Å². The number of para-hydroxylation sites is 1. The van der Waals surface area contributed by atoms with Gasteiger partial charge in [-0.2, -0.15) is 0 Å². The highest BCUT2D eigenvalue weighted by Gasteiger charge is 2.54. The SMILES string of the molecule is CCOC(=O)C1=C(C)NC(C)(c2nc(-c3ccccc3OC)cs2)C(C(=O)OCC)C1c1ccccc1. The maximum Gasteiger partial charge on any atom is 0.336 e. The number of hydrogen-bond acceptors (Lipinski definition) is 8. The highest BCUT2D eigenvalue weighted by Crippen LogP contribution is 2.49. The average molecular weight is 521 g/mol. The van der Waals surface area contributed by atoms with Gasteiger partial charge in [-0.1, -0.05) is 42.5 Å². The fourth-order valence-electron chi connectivity index (χ4n) is 5.06. The Bertz CT molecular complexity index is 1300. The topological polar surface area (TPSA) is 86.8 Å². The summed E-state index contributed by atoms with van der Waals surface area (Å²) < 4.78 is 16.6. The molecule has 194 valence electrons. The molecule has 0 spiro atoms. The van der Waals surface area contributed by atoms with E-state index >= 15 is 0 Å². The number of esters is 2. The minimum Gasteiger partial charge on any atom is -0.496 e. The molecule has 1 aromatic heterocycles. The number of ether oxygens (including phenoxy) is 3. The highest BCUT2D eigenvalue weighted by molar-refractivity contribution is 7.10. The number of nitrogens with one attached hydrogen (secondary N) is 1. The van der Waals surface area contributed by atoms with Gasteiger partial charge < -0.3 is 19.5 Å². The summed E-state index contributed by atoms with van der Waals surface area (Å²) in [5.41, 5.74) is 2.54. The van der Waals surface area contributed by atoms with Crippen molar-refractivity contribution in [3.8, 4) is 17.0 Å². The van der Waals surface area contributed by atoms with Gasteiger partial charge in [0.1, 0.15) is 16.3 Å². The minimum absolute atomic E-state index is 0.217. The third kappa shape index (κ3) is 4.98. The Morgan fingerprint density at radius 2 is 1.70 bits per heavy atom. The van der Waals surface area contributed by atoms with E-state index in [1.54, 1.807) is 21.0 Å². The van der Waals surface area contributed by atoms with Gasteiger partial charge in [-0.05, 0) is 45.4 Å². The summed E-state index contributed by atoms with van der Waals surface area (Å²) in [6.07, 6.45) is 0. The molecule has 4 rings (SSSR count). The van der Waals surface area contributed by atoms with Gasteiger partial charge in [0.05, 0.1) is 37.5 Å². The van der Waals surface area contributed by atoms with Crippen LogP contribution in [0.1, 0.15) is 44.2 Å². The van der Waals surface area contributed by atoms with E-state index in [0.717, 1.165) is 16.8 Å². The molecule has 1 N–H and O–H groups in total. The molecule has 1 aliphatic rings. The van der Waals surface area contributed by atoms with E-state index in [9.17, 15) is 9.59 Å². The molecule has 3 atom stereocenters. The molecular weight excluding hydrogens is 488 g/mol. The molecule has 8 heteroatoms. The Morgan fingerprint density at radius 3 is 2.38 bits per heavy atom. The van der Waals surface area contributed by atoms with Crippen molar-refractivity contribution in [2.45, 2.75) is 39.2 Å². The first-order valence-corrected chi connectivity index (χ1v) is 13.2. The zero-order valence-corrected chi connectivity index (χ0v) is 22.6. The van der Waals surface area contributed by atoms with E-state index in [4.69, 9.17) is 19.2 Å². The van der Waals surface area contributed by atoms with Gasteiger partial charge in [0.2, 0.25) is 0 Å². The molecule has 0 bridgehead atoms. The van der Waals surface area contributed by atoms with E-state index < -0.39 is 29.3 Å². The highest BCUT2D eigenvalue weighted by atomic mass is 32.1. The van der Waals surface area contributed by atoms with Gasteiger partial charge >= 0.3 is 11.9 Å². The third-order valence-electron chi connectivity index (χ3n) is 6.64. The maximum atomic E-state index is 13.7. The normalized spacial score (nSPS) is 21.2. The average Bonchev–Trinajstić information content (AvgIpc) is 3.40. The Morgan fingerprint density at radius 1 is 1.03 bits per heavy atom. The van der Waals surface area contributed by atoms with Crippen LogP contribution in [0.3, 0.4) is 0 Å². The van der Waals surface area contributed by atoms with Gasteiger partial charge in [-0.15, -0.1) is 11.3 Å². The molecule has 2 heterocycles. The lowest BCUT2D eigenvalue weighted by Crippen LogP contribution is -2.55. The number of aromatic nitrogens is 1. The summed E-state index contributed by atoms with van der Waals surface area (Å²) in [6, 6.07) is 17.2. The van der Waals surface area contributed by atoms with E-state index in [2.05, 4.69) is 5.32 Å². The van der Waals surface area contributed by atoms with Crippen LogP contribution in [0.2, 0.25) is 0 Å². The molecule has 0 amide bonds. The van der Waals surface area contributed by atoms with Gasteiger partial charge in [0.25, 0.3) is 0 Å². The second-order valence-corrected chi connectivity index (χ2v) is 9.80. The summed E-state index contributed by atoms with van der Waals surface area (Å²) in [5, 5.41) is 6.14. The lowest BCUT2D eigenvalue weighted by Gasteiger charge is -2.45. The number of allylic oxidation sites excluding steroid dienone is 1. The molecule has 0 aliphatic carbocycles. The Labute approximate surface area is 221 Å². The number of carbonyl (C=O) groups excluding carboxylic acids is 2. The monoisotopic (exact) mass is 520 g/mol. The molecule has 0 radical (unpaired) electrons. The zero-order valence-electron chi connectivity index (χ0n) is 21.7. The third-order valence-corrected chi connectivity index (χ3v) is 7.72. The smallest absolute Gasteiger partial charge is 0.336 e. The lowest BCUT2D eigenvalue weighted by molar-refractivity contribution is -0.152. The first kappa shape index (κ1) is 26.4. The number of carbonyl (C=O) groups is 2. The molecule has 2 aromatic carbocycles. The summed E-state index contributed by atoms with van der Waals surface area (Å²) in [4.78, 5) is 31.9. The number of rotatable bonds is 8. The van der Waals surface area contributed by atoms with Crippen LogP contribution in [0, 0.1) is 5.92 Å². The largest absolute Gasteiger partial charge is 0.496 e. The van der Waals surface area contributed by atoms with Crippen molar-refractivity contribution in [2.24, 2.45) is 5.92 Å². The van der Waals surface area contributed by atoms with E-state index in [1.807, 2.05) is 73.8 Å². The number of thiazole rings is 1. The molecule has 1 aliphatic heterocycles. The van der Waals surface area contributed by atoms with Crippen LogP contribution < -0.4 is 10.1 Å². The predicted octanol–water partition coefficient (Wildman–Crippen LogP) is 5.44.